The fourth-order valence-corrected chi connectivity index (χ4v) is 3.78. The maximum atomic E-state index is 12.6. The van der Waals surface area contributed by atoms with E-state index in [0.29, 0.717) is 18.0 Å². The molecule has 0 aliphatic carbocycles. The lowest BCUT2D eigenvalue weighted by molar-refractivity contribution is 0.0951. The Morgan fingerprint density at radius 1 is 0.967 bits per heavy atom. The van der Waals surface area contributed by atoms with Gasteiger partial charge in [-0.05, 0) is 42.0 Å². The van der Waals surface area contributed by atoms with Crippen molar-refractivity contribution >= 4 is 11.7 Å². The molecule has 1 aliphatic heterocycles. The first-order valence-corrected chi connectivity index (χ1v) is 10.7. The van der Waals surface area contributed by atoms with Gasteiger partial charge in [-0.3, -0.25) is 9.78 Å². The Labute approximate surface area is 178 Å². The van der Waals surface area contributed by atoms with E-state index in [0.717, 1.165) is 35.7 Å². The van der Waals surface area contributed by atoms with Crippen LogP contribution in [0.5, 0.6) is 0 Å². The summed E-state index contributed by atoms with van der Waals surface area (Å²) in [5.74, 6) is 1.36. The summed E-state index contributed by atoms with van der Waals surface area (Å²) in [7, 11) is 0. The largest absolute Gasteiger partial charge is 0.355 e. The van der Waals surface area contributed by atoms with Crippen molar-refractivity contribution in [2.24, 2.45) is 0 Å². The zero-order valence-electron chi connectivity index (χ0n) is 17.6. The zero-order chi connectivity index (χ0) is 20.9. The molecule has 0 saturated carbocycles. The molecular formula is C25H28N4O. The van der Waals surface area contributed by atoms with E-state index in [1.807, 2.05) is 24.3 Å². The summed E-state index contributed by atoms with van der Waals surface area (Å²) in [4.78, 5) is 24.0. The number of hydrogen-bond acceptors (Lipinski definition) is 4. The van der Waals surface area contributed by atoms with Crippen molar-refractivity contribution in [2.45, 2.75) is 39.2 Å². The van der Waals surface area contributed by atoms with Gasteiger partial charge in [-0.25, -0.2) is 4.98 Å². The van der Waals surface area contributed by atoms with Crippen LogP contribution in [0.15, 0.2) is 60.9 Å². The highest BCUT2D eigenvalue weighted by Crippen LogP contribution is 2.29. The van der Waals surface area contributed by atoms with E-state index in [1.54, 1.807) is 12.4 Å². The molecule has 1 N–H and O–H groups in total. The Kier molecular flexibility index (Phi) is 6.07. The maximum absolute atomic E-state index is 12.6. The molecule has 5 nitrogen and oxygen atoms in total. The number of hydrogen-bond donors (Lipinski definition) is 1. The maximum Gasteiger partial charge on any atom is 0.251 e. The molecule has 1 amide bonds. The molecule has 0 bridgehead atoms. The number of rotatable bonds is 6. The van der Waals surface area contributed by atoms with E-state index < -0.39 is 0 Å². The van der Waals surface area contributed by atoms with Crippen molar-refractivity contribution < 1.29 is 4.79 Å². The van der Waals surface area contributed by atoms with Crippen molar-refractivity contribution in [3.8, 4) is 11.3 Å². The van der Waals surface area contributed by atoms with Crippen LogP contribution in [0.1, 0.15) is 54.1 Å². The molecule has 4 rings (SSSR count). The summed E-state index contributed by atoms with van der Waals surface area (Å²) < 4.78 is 0. The molecule has 154 valence electrons. The number of carbonyl (C=O) groups excluding carboxylic acids is 1. The first-order chi connectivity index (χ1) is 14.6. The minimum atomic E-state index is -0.0756. The van der Waals surface area contributed by atoms with Crippen LogP contribution < -0.4 is 10.2 Å². The van der Waals surface area contributed by atoms with Crippen LogP contribution in [0.25, 0.3) is 11.3 Å². The summed E-state index contributed by atoms with van der Waals surface area (Å²) in [6.07, 6.45) is 5.84. The van der Waals surface area contributed by atoms with E-state index >= 15 is 0 Å². The molecule has 30 heavy (non-hydrogen) atoms. The van der Waals surface area contributed by atoms with Crippen LogP contribution in [-0.2, 0) is 6.54 Å². The molecule has 3 aromatic rings. The van der Waals surface area contributed by atoms with E-state index in [4.69, 9.17) is 0 Å². The Morgan fingerprint density at radius 2 is 1.63 bits per heavy atom. The summed E-state index contributed by atoms with van der Waals surface area (Å²) in [5.41, 5.74) is 4.89. The van der Waals surface area contributed by atoms with Gasteiger partial charge in [0.15, 0.2) is 5.82 Å². The second-order valence-electron chi connectivity index (χ2n) is 8.08. The molecule has 0 unspecified atom stereocenters. The number of nitrogens with one attached hydrogen (secondary N) is 1. The number of amides is 1. The summed E-state index contributed by atoms with van der Waals surface area (Å²) in [5, 5.41) is 3.00. The van der Waals surface area contributed by atoms with Gasteiger partial charge in [-0.15, -0.1) is 0 Å². The smallest absolute Gasteiger partial charge is 0.251 e. The highest BCUT2D eigenvalue weighted by Gasteiger charge is 2.19. The van der Waals surface area contributed by atoms with Crippen molar-refractivity contribution in [1.29, 1.82) is 0 Å². The van der Waals surface area contributed by atoms with E-state index in [9.17, 15) is 4.79 Å². The van der Waals surface area contributed by atoms with Crippen LogP contribution in [0.2, 0.25) is 0 Å². The van der Waals surface area contributed by atoms with Gasteiger partial charge >= 0.3 is 0 Å². The van der Waals surface area contributed by atoms with Gasteiger partial charge in [0, 0.05) is 43.2 Å². The number of nitrogens with zero attached hydrogens (tertiary/aromatic N) is 3. The van der Waals surface area contributed by atoms with Gasteiger partial charge in [0.25, 0.3) is 5.91 Å². The van der Waals surface area contributed by atoms with Crippen LogP contribution in [0.4, 0.5) is 5.82 Å². The Balaban J connectivity index is 1.43. The molecule has 2 aromatic carbocycles. The summed E-state index contributed by atoms with van der Waals surface area (Å²) >= 11 is 0. The molecule has 1 fully saturated rings. The Bertz CT molecular complexity index is 990. The second kappa shape index (κ2) is 9.08. The van der Waals surface area contributed by atoms with Crippen LogP contribution in [-0.4, -0.2) is 29.0 Å². The molecule has 5 heteroatoms. The lowest BCUT2D eigenvalue weighted by Crippen LogP contribution is -2.22. The van der Waals surface area contributed by atoms with Gasteiger partial charge in [-0.2, -0.15) is 0 Å². The Hall–Kier alpha value is -3.21. The van der Waals surface area contributed by atoms with Gasteiger partial charge < -0.3 is 10.2 Å². The molecule has 0 spiro atoms. The number of aromatic nitrogens is 2. The minimum Gasteiger partial charge on any atom is -0.355 e. The van der Waals surface area contributed by atoms with Crippen LogP contribution in [0.3, 0.4) is 0 Å². The predicted molar refractivity (Wildman–Crippen MR) is 121 cm³/mol. The first kappa shape index (κ1) is 20.1. The van der Waals surface area contributed by atoms with Crippen molar-refractivity contribution in [3.63, 3.8) is 0 Å². The van der Waals surface area contributed by atoms with Crippen LogP contribution in [0, 0.1) is 0 Å². The van der Waals surface area contributed by atoms with E-state index in [1.165, 1.54) is 18.4 Å². The van der Waals surface area contributed by atoms with Gasteiger partial charge in [0.05, 0.1) is 0 Å². The monoisotopic (exact) mass is 400 g/mol. The standard InChI is InChI=1S/C25H28N4O/c1-18(2)20-7-5-19(6-8-20)17-28-25(30)22-11-9-21(10-12-22)23-24(27-14-13-26-23)29-15-3-4-16-29/h5-14,18H,3-4,15-17H2,1-2H3,(H,28,30). The molecule has 1 saturated heterocycles. The fraction of sp³-hybridized carbons (Fsp3) is 0.320. The average molecular weight is 401 g/mol. The topological polar surface area (TPSA) is 58.1 Å². The van der Waals surface area contributed by atoms with Gasteiger partial charge in [0.1, 0.15) is 5.69 Å². The zero-order valence-corrected chi connectivity index (χ0v) is 17.6. The van der Waals surface area contributed by atoms with E-state index in [-0.39, 0.29) is 5.91 Å². The van der Waals surface area contributed by atoms with Crippen molar-refractivity contribution in [3.05, 3.63) is 77.6 Å². The van der Waals surface area contributed by atoms with Gasteiger partial charge in [-0.1, -0.05) is 50.2 Å². The van der Waals surface area contributed by atoms with E-state index in [2.05, 4.69) is 58.3 Å². The molecule has 0 atom stereocenters. The van der Waals surface area contributed by atoms with Crippen molar-refractivity contribution in [2.75, 3.05) is 18.0 Å². The quantitative estimate of drug-likeness (QED) is 0.646. The Morgan fingerprint density at radius 3 is 2.30 bits per heavy atom. The molecule has 2 heterocycles. The SMILES string of the molecule is CC(C)c1ccc(CNC(=O)c2ccc(-c3nccnc3N3CCCC3)cc2)cc1. The summed E-state index contributed by atoms with van der Waals surface area (Å²) in [6, 6.07) is 16.0. The molecule has 0 radical (unpaired) electrons. The third-order valence-electron chi connectivity index (χ3n) is 5.60. The molecule has 1 aromatic heterocycles. The fourth-order valence-electron chi connectivity index (χ4n) is 3.78. The lowest BCUT2D eigenvalue weighted by Gasteiger charge is -2.19. The average Bonchev–Trinajstić information content (AvgIpc) is 3.33. The third-order valence-corrected chi connectivity index (χ3v) is 5.60. The normalized spacial score (nSPS) is 13.6. The highest BCUT2D eigenvalue weighted by molar-refractivity contribution is 5.94. The number of anilines is 1. The lowest BCUT2D eigenvalue weighted by atomic mass is 10.0. The molecular weight excluding hydrogens is 372 g/mol. The summed E-state index contributed by atoms with van der Waals surface area (Å²) in [6.45, 7) is 6.90. The molecule has 1 aliphatic rings. The number of carbonyl (C=O) groups is 1. The minimum absolute atomic E-state index is 0.0756. The predicted octanol–water partition coefficient (Wildman–Crippen LogP) is 4.80. The second-order valence-corrected chi connectivity index (χ2v) is 8.08. The number of benzene rings is 2. The van der Waals surface area contributed by atoms with Gasteiger partial charge in [0.2, 0.25) is 0 Å². The highest BCUT2D eigenvalue weighted by atomic mass is 16.1. The van der Waals surface area contributed by atoms with Crippen LogP contribution >= 0.6 is 0 Å². The third kappa shape index (κ3) is 4.51. The first-order valence-electron chi connectivity index (χ1n) is 10.7. The van der Waals surface area contributed by atoms with Crippen molar-refractivity contribution in [1.82, 2.24) is 15.3 Å².